The SMILES string of the molecule is S=c1[nH]c2c(N3C=NCC3)cccc2s1. The molecule has 2 heterocycles. The average Bonchev–Trinajstić information content (AvgIpc) is 2.82. The standard InChI is InChI=1S/C10H9N3S2/c14-10-12-9-7(13-5-4-11-6-13)2-1-3-8(9)15-10/h1-3,6H,4-5H2,(H,12,14). The van der Waals surface area contributed by atoms with Crippen molar-refractivity contribution in [2.24, 2.45) is 4.99 Å². The third-order valence-corrected chi connectivity index (χ3v) is 3.63. The molecule has 1 aliphatic rings. The molecule has 0 saturated carbocycles. The summed E-state index contributed by atoms with van der Waals surface area (Å²) >= 11 is 6.77. The van der Waals surface area contributed by atoms with Crippen LogP contribution in [0.1, 0.15) is 0 Å². The summed E-state index contributed by atoms with van der Waals surface area (Å²) in [7, 11) is 0. The van der Waals surface area contributed by atoms with Crippen molar-refractivity contribution < 1.29 is 0 Å². The molecular weight excluding hydrogens is 226 g/mol. The van der Waals surface area contributed by atoms with E-state index in [-0.39, 0.29) is 0 Å². The maximum atomic E-state index is 5.16. The zero-order chi connectivity index (χ0) is 10.3. The van der Waals surface area contributed by atoms with Crippen LogP contribution < -0.4 is 4.90 Å². The number of hydrogen-bond donors (Lipinski definition) is 1. The number of hydrogen-bond acceptors (Lipinski definition) is 4. The Bertz CT molecular complexity index is 582. The minimum absolute atomic E-state index is 0.827. The molecule has 0 atom stereocenters. The minimum Gasteiger partial charge on any atom is -0.335 e. The molecule has 15 heavy (non-hydrogen) atoms. The van der Waals surface area contributed by atoms with Crippen molar-refractivity contribution in [3.8, 4) is 0 Å². The first kappa shape index (κ1) is 9.06. The zero-order valence-corrected chi connectivity index (χ0v) is 9.57. The Labute approximate surface area is 96.1 Å². The van der Waals surface area contributed by atoms with E-state index in [9.17, 15) is 0 Å². The van der Waals surface area contributed by atoms with Crippen LogP contribution in [0, 0.1) is 3.95 Å². The van der Waals surface area contributed by atoms with E-state index in [0.29, 0.717) is 0 Å². The topological polar surface area (TPSA) is 31.4 Å². The second kappa shape index (κ2) is 3.43. The molecule has 1 N–H and O–H groups in total. The van der Waals surface area contributed by atoms with E-state index >= 15 is 0 Å². The number of anilines is 1. The Balaban J connectivity index is 2.24. The second-order valence-electron chi connectivity index (χ2n) is 3.38. The first-order chi connectivity index (χ1) is 7.34. The molecule has 0 amide bonds. The quantitative estimate of drug-likeness (QED) is 0.771. The Hall–Kier alpha value is -1.20. The number of aromatic nitrogens is 1. The lowest BCUT2D eigenvalue weighted by Crippen LogP contribution is -2.18. The predicted octanol–water partition coefficient (Wildman–Crippen LogP) is 2.81. The molecule has 3 rings (SSSR count). The van der Waals surface area contributed by atoms with E-state index in [2.05, 4.69) is 33.1 Å². The molecule has 76 valence electrons. The Morgan fingerprint density at radius 3 is 3.20 bits per heavy atom. The van der Waals surface area contributed by atoms with Crippen LogP contribution in [-0.2, 0) is 0 Å². The van der Waals surface area contributed by atoms with Crippen LogP contribution in [0.25, 0.3) is 10.2 Å². The number of aliphatic imine (C=N–C) groups is 1. The highest BCUT2D eigenvalue weighted by Crippen LogP contribution is 2.29. The van der Waals surface area contributed by atoms with E-state index in [1.165, 1.54) is 10.4 Å². The van der Waals surface area contributed by atoms with Crippen molar-refractivity contribution in [2.45, 2.75) is 0 Å². The van der Waals surface area contributed by atoms with Crippen LogP contribution in [0.2, 0.25) is 0 Å². The smallest absolute Gasteiger partial charge is 0.159 e. The number of nitrogens with zero attached hydrogens (tertiary/aromatic N) is 2. The summed E-state index contributed by atoms with van der Waals surface area (Å²) in [6.07, 6.45) is 1.89. The van der Waals surface area contributed by atoms with Crippen molar-refractivity contribution in [2.75, 3.05) is 18.0 Å². The molecule has 1 aliphatic heterocycles. The van der Waals surface area contributed by atoms with Crippen molar-refractivity contribution in [1.82, 2.24) is 4.98 Å². The number of para-hydroxylation sites is 1. The number of aromatic amines is 1. The van der Waals surface area contributed by atoms with Crippen LogP contribution in [0.3, 0.4) is 0 Å². The van der Waals surface area contributed by atoms with Gasteiger partial charge in [0.25, 0.3) is 0 Å². The molecule has 5 heteroatoms. The summed E-state index contributed by atoms with van der Waals surface area (Å²) in [5.41, 5.74) is 2.29. The van der Waals surface area contributed by atoms with Gasteiger partial charge >= 0.3 is 0 Å². The molecular formula is C10H9N3S2. The van der Waals surface area contributed by atoms with Crippen molar-refractivity contribution in [3.63, 3.8) is 0 Å². The highest BCUT2D eigenvalue weighted by Gasteiger charge is 2.12. The van der Waals surface area contributed by atoms with Gasteiger partial charge in [0, 0.05) is 6.54 Å². The summed E-state index contributed by atoms with van der Waals surface area (Å²) in [6.45, 7) is 1.83. The first-order valence-electron chi connectivity index (χ1n) is 4.73. The molecule has 1 aromatic carbocycles. The van der Waals surface area contributed by atoms with E-state index in [4.69, 9.17) is 12.2 Å². The largest absolute Gasteiger partial charge is 0.335 e. The van der Waals surface area contributed by atoms with Gasteiger partial charge in [-0.05, 0) is 24.4 Å². The maximum Gasteiger partial charge on any atom is 0.159 e. The first-order valence-corrected chi connectivity index (χ1v) is 5.95. The van der Waals surface area contributed by atoms with Crippen molar-refractivity contribution in [3.05, 3.63) is 22.2 Å². The molecule has 3 nitrogen and oxygen atoms in total. The van der Waals surface area contributed by atoms with Crippen molar-refractivity contribution in [1.29, 1.82) is 0 Å². The number of thiazole rings is 1. The summed E-state index contributed by atoms with van der Waals surface area (Å²) in [5, 5.41) is 0. The number of rotatable bonds is 1. The van der Waals surface area contributed by atoms with Gasteiger partial charge in [-0.1, -0.05) is 6.07 Å². The van der Waals surface area contributed by atoms with Crippen LogP contribution in [0.15, 0.2) is 23.2 Å². The predicted molar refractivity (Wildman–Crippen MR) is 67.7 cm³/mol. The molecule has 0 spiro atoms. The van der Waals surface area contributed by atoms with Gasteiger partial charge in [0.2, 0.25) is 0 Å². The van der Waals surface area contributed by atoms with Gasteiger partial charge in [0.15, 0.2) is 3.95 Å². The molecule has 0 aliphatic carbocycles. The summed E-state index contributed by atoms with van der Waals surface area (Å²) in [4.78, 5) is 9.61. The molecule has 0 fully saturated rings. The van der Waals surface area contributed by atoms with Gasteiger partial charge in [-0.2, -0.15) is 0 Å². The fourth-order valence-electron chi connectivity index (χ4n) is 1.76. The summed E-state index contributed by atoms with van der Waals surface area (Å²) in [5.74, 6) is 0. The van der Waals surface area contributed by atoms with E-state index < -0.39 is 0 Å². The van der Waals surface area contributed by atoms with E-state index in [0.717, 1.165) is 22.6 Å². The zero-order valence-electron chi connectivity index (χ0n) is 7.93. The average molecular weight is 235 g/mol. The molecule has 1 aromatic heterocycles. The lowest BCUT2D eigenvalue weighted by molar-refractivity contribution is 1.03. The number of H-pyrrole nitrogens is 1. The number of benzene rings is 1. The van der Waals surface area contributed by atoms with Gasteiger partial charge in [-0.25, -0.2) is 0 Å². The third-order valence-electron chi connectivity index (χ3n) is 2.43. The molecule has 0 unspecified atom stereocenters. The fourth-order valence-corrected chi connectivity index (χ4v) is 2.89. The summed E-state index contributed by atoms with van der Waals surface area (Å²) in [6, 6.07) is 6.24. The molecule has 0 saturated heterocycles. The molecule has 2 aromatic rings. The summed E-state index contributed by atoms with van der Waals surface area (Å²) < 4.78 is 2.03. The Morgan fingerprint density at radius 1 is 1.47 bits per heavy atom. The van der Waals surface area contributed by atoms with Gasteiger partial charge in [0.1, 0.15) is 0 Å². The van der Waals surface area contributed by atoms with Gasteiger partial charge in [0.05, 0.1) is 28.8 Å². The monoisotopic (exact) mass is 235 g/mol. The lowest BCUT2D eigenvalue weighted by Gasteiger charge is -2.14. The maximum absolute atomic E-state index is 5.16. The van der Waals surface area contributed by atoms with Gasteiger partial charge in [-0.15, -0.1) is 11.3 Å². The van der Waals surface area contributed by atoms with Crippen molar-refractivity contribution >= 4 is 45.8 Å². The minimum atomic E-state index is 0.827. The Kier molecular flexibility index (Phi) is 2.07. The van der Waals surface area contributed by atoms with Gasteiger partial charge < -0.3 is 9.88 Å². The second-order valence-corrected chi connectivity index (χ2v) is 5.10. The van der Waals surface area contributed by atoms with Crippen LogP contribution in [0.4, 0.5) is 5.69 Å². The van der Waals surface area contributed by atoms with E-state index in [1.54, 1.807) is 11.3 Å². The normalized spacial score (nSPS) is 15.3. The number of nitrogens with one attached hydrogen (secondary N) is 1. The Morgan fingerprint density at radius 2 is 2.40 bits per heavy atom. The van der Waals surface area contributed by atoms with Crippen LogP contribution in [0.5, 0.6) is 0 Å². The lowest BCUT2D eigenvalue weighted by atomic mass is 10.2. The van der Waals surface area contributed by atoms with Crippen LogP contribution >= 0.6 is 23.6 Å². The highest BCUT2D eigenvalue weighted by atomic mass is 32.1. The molecule has 0 radical (unpaired) electrons. The molecule has 0 bridgehead atoms. The van der Waals surface area contributed by atoms with Crippen LogP contribution in [-0.4, -0.2) is 24.4 Å². The number of fused-ring (bicyclic) bond motifs is 1. The fraction of sp³-hybridized carbons (Fsp3) is 0.200. The highest BCUT2D eigenvalue weighted by molar-refractivity contribution is 7.73. The third kappa shape index (κ3) is 1.48. The van der Waals surface area contributed by atoms with Gasteiger partial charge in [-0.3, -0.25) is 4.99 Å². The van der Waals surface area contributed by atoms with E-state index in [1.807, 2.05) is 6.34 Å².